The van der Waals surface area contributed by atoms with Crippen LogP contribution in [0.25, 0.3) is 23.3 Å². The van der Waals surface area contributed by atoms with E-state index in [1.165, 1.54) is 71.3 Å². The van der Waals surface area contributed by atoms with Crippen molar-refractivity contribution in [1.29, 1.82) is 0 Å². The van der Waals surface area contributed by atoms with Crippen LogP contribution in [-0.4, -0.2) is 64.3 Å². The van der Waals surface area contributed by atoms with Crippen LogP contribution >= 0.6 is 7.26 Å². The summed E-state index contributed by atoms with van der Waals surface area (Å²) in [5.41, 5.74) is 11.8. The third kappa shape index (κ3) is 9.48. The molecule has 5 aromatic carbocycles. The van der Waals surface area contributed by atoms with Gasteiger partial charge in [0.15, 0.2) is 0 Å². The van der Waals surface area contributed by atoms with Crippen LogP contribution < -0.4 is 15.9 Å². The predicted molar refractivity (Wildman–Crippen MR) is 261 cm³/mol. The molecule has 0 amide bonds. The Hall–Kier alpha value is -4.47. The fourth-order valence-corrected chi connectivity index (χ4v) is 15.3. The molecule has 1 saturated heterocycles. The van der Waals surface area contributed by atoms with Gasteiger partial charge in [-0.15, -0.1) is 0 Å². The van der Waals surface area contributed by atoms with E-state index < -0.39 is 7.26 Å². The van der Waals surface area contributed by atoms with Crippen molar-refractivity contribution in [2.75, 3.05) is 54.5 Å². The maximum atomic E-state index is 6.10. The van der Waals surface area contributed by atoms with Gasteiger partial charge in [0.25, 0.3) is 0 Å². The zero-order chi connectivity index (χ0) is 42.8. The van der Waals surface area contributed by atoms with E-state index in [1.807, 2.05) is 17.9 Å². The third-order valence-electron chi connectivity index (χ3n) is 12.4. The zero-order valence-electron chi connectivity index (χ0n) is 36.8. The molecule has 1 aliphatic heterocycles. The number of rotatable bonds is 16. The van der Waals surface area contributed by atoms with Gasteiger partial charge in [0.05, 0.1) is 0 Å². The van der Waals surface area contributed by atoms with E-state index in [9.17, 15) is 0 Å². The first-order valence-electron chi connectivity index (χ1n) is 21.7. The van der Waals surface area contributed by atoms with Crippen molar-refractivity contribution in [3.8, 4) is 15.5 Å². The molecule has 61 heavy (non-hydrogen) atoms. The van der Waals surface area contributed by atoms with Crippen LogP contribution in [0.4, 0.5) is 0 Å². The number of fused-ring (bicyclic) bond motifs is 3. The van der Waals surface area contributed by atoms with E-state index in [-0.39, 0.29) is 5.41 Å². The normalized spacial score (nSPS) is 16.5. The molecular weight excluding hydrogens is 938 g/mol. The predicted octanol–water partition coefficient (Wildman–Crippen LogP) is 11.3. The molecule has 0 bridgehead atoms. The Balaban J connectivity index is 1.47. The van der Waals surface area contributed by atoms with Crippen molar-refractivity contribution in [1.82, 2.24) is 9.80 Å². The molecule has 2 aliphatic rings. The van der Waals surface area contributed by atoms with Gasteiger partial charge >= 0.3 is 322 Å². The second-order valence-corrected chi connectivity index (χ2v) is 20.9. The van der Waals surface area contributed by atoms with Crippen molar-refractivity contribution < 1.29 is 22.7 Å². The average molecular weight is 999 g/mol. The van der Waals surface area contributed by atoms with Gasteiger partial charge in [-0.25, -0.2) is 0 Å². The van der Waals surface area contributed by atoms with E-state index >= 15 is 0 Å². The Bertz CT molecular complexity index is 2380. The van der Waals surface area contributed by atoms with Crippen LogP contribution in [0.3, 0.4) is 0 Å². The second-order valence-electron chi connectivity index (χ2n) is 16.9. The Kier molecular flexibility index (Phi) is 15.1. The van der Waals surface area contributed by atoms with Crippen molar-refractivity contribution in [2.45, 2.75) is 44.9 Å². The molecule has 5 aromatic rings. The molecule has 0 atom stereocenters. The van der Waals surface area contributed by atoms with Crippen molar-refractivity contribution in [2.24, 2.45) is 0 Å². The quantitative estimate of drug-likeness (QED) is 0.0724. The SMILES string of the molecule is CC=C1COCC1=CC(/C=C/c1ccc2c(c1)C(CCCN(C)C)(CCCN(C)C)c1cc(/C=C/C)ccc1-2)=C([C]#[Os])[P+](c1ccccc1)(c1ccccc1)c1ccccc1. The number of ether oxygens (including phenoxy) is 1. The number of hydrogen-bond donors (Lipinski definition) is 0. The fraction of sp³-hybridized carbons (Fsp3) is 0.268. The molecule has 5 heteroatoms. The van der Waals surface area contributed by atoms with E-state index in [0.29, 0.717) is 13.2 Å². The van der Waals surface area contributed by atoms with Crippen molar-refractivity contribution in [3.05, 3.63) is 196 Å². The van der Waals surface area contributed by atoms with Gasteiger partial charge in [0.1, 0.15) is 0 Å². The molecule has 7 rings (SSSR count). The first-order valence-corrected chi connectivity index (χ1v) is 24.8. The van der Waals surface area contributed by atoms with E-state index in [0.717, 1.165) is 38.8 Å². The minimum absolute atomic E-state index is 0.0767. The molecule has 1 aliphatic carbocycles. The summed E-state index contributed by atoms with van der Waals surface area (Å²) in [6.07, 6.45) is 18.3. The molecule has 0 saturated carbocycles. The van der Waals surface area contributed by atoms with Crippen LogP contribution in [0.2, 0.25) is 0 Å². The molecule has 0 radical (unpaired) electrons. The van der Waals surface area contributed by atoms with Crippen LogP contribution in [0.1, 0.15) is 61.8 Å². The molecule has 0 aromatic heterocycles. The number of allylic oxidation sites excluding steroid dienone is 6. The van der Waals surface area contributed by atoms with Crippen LogP contribution in [0, 0.1) is 4.37 Å². The molecular formula is C56H61N2OOsP+. The number of hydrogen-bond acceptors (Lipinski definition) is 3. The van der Waals surface area contributed by atoms with Crippen molar-refractivity contribution in [3.63, 3.8) is 0 Å². The first-order chi connectivity index (χ1) is 29.7. The fourth-order valence-electron chi connectivity index (χ4n) is 9.51. The molecule has 1 heterocycles. The summed E-state index contributed by atoms with van der Waals surface area (Å²) in [6, 6.07) is 47.9. The summed E-state index contributed by atoms with van der Waals surface area (Å²) in [7, 11) is 6.35. The summed E-state index contributed by atoms with van der Waals surface area (Å²) in [6.45, 7) is 7.61. The summed E-state index contributed by atoms with van der Waals surface area (Å²) in [4.78, 5) is 4.67. The number of nitrogens with zero attached hydrogens (tertiary/aromatic N) is 2. The Labute approximate surface area is 376 Å². The van der Waals surface area contributed by atoms with Crippen LogP contribution in [-0.2, 0) is 28.1 Å². The van der Waals surface area contributed by atoms with Gasteiger partial charge in [0, 0.05) is 0 Å². The maximum absolute atomic E-state index is 6.10. The molecule has 313 valence electrons. The Morgan fingerprint density at radius 3 is 1.57 bits per heavy atom. The molecule has 1 fully saturated rings. The van der Waals surface area contributed by atoms with Gasteiger partial charge in [-0.3, -0.25) is 0 Å². The monoisotopic (exact) mass is 1000 g/mol. The average Bonchev–Trinajstić information content (AvgIpc) is 3.84. The van der Waals surface area contributed by atoms with Gasteiger partial charge < -0.3 is 9.80 Å². The van der Waals surface area contributed by atoms with Crippen LogP contribution in [0.5, 0.6) is 0 Å². The number of benzene rings is 5. The van der Waals surface area contributed by atoms with Gasteiger partial charge in [0.2, 0.25) is 0 Å². The van der Waals surface area contributed by atoms with Crippen LogP contribution in [0.15, 0.2) is 174 Å². The second kappa shape index (κ2) is 20.6. The van der Waals surface area contributed by atoms with E-state index in [1.54, 1.807) is 0 Å². The van der Waals surface area contributed by atoms with E-state index in [4.69, 9.17) is 4.74 Å². The Morgan fingerprint density at radius 2 is 1.13 bits per heavy atom. The van der Waals surface area contributed by atoms with Gasteiger partial charge in [-0.05, 0) is 35.1 Å². The summed E-state index contributed by atoms with van der Waals surface area (Å²) < 4.78 is 10.0. The zero-order valence-corrected chi connectivity index (χ0v) is 40.3. The topological polar surface area (TPSA) is 15.7 Å². The van der Waals surface area contributed by atoms with E-state index in [2.05, 4.69) is 220 Å². The van der Waals surface area contributed by atoms with Gasteiger partial charge in [-0.1, -0.05) is 12.2 Å². The minimum atomic E-state index is -2.45. The third-order valence-corrected chi connectivity index (χ3v) is 17.8. The standard InChI is InChI=1S/C56H61N2OP.Os/c1-8-21-44-29-32-52-53-33-30-45(39-55(53)56(54(52)38-44,34-19-36-57(4)5)35-20-37-58(6)7)28-31-47(40-48-42-59-41-46(48)9-2)43(3)60(49-22-13-10-14-23-49,50-24-15-11-16-25-50)51-26-17-12-18-27-51;/h8-18,21-33,38-40H,19-20,34-37,41-42H2,1-2,4-7H3;/q+1;/b21-8+,31-28+,46-9?,47-43?,48-40?;. The summed E-state index contributed by atoms with van der Waals surface area (Å²) in [5.74, 6) is 0. The molecule has 0 spiro atoms. The molecule has 0 N–H and O–H groups in total. The van der Waals surface area contributed by atoms with Crippen molar-refractivity contribution >= 4 is 35.3 Å². The first kappa shape index (κ1) is 44.6. The molecule has 0 unspecified atom stereocenters. The summed E-state index contributed by atoms with van der Waals surface area (Å²) >= 11 is 1.84. The Morgan fingerprint density at radius 1 is 0.656 bits per heavy atom. The molecule has 3 nitrogen and oxygen atoms in total. The summed E-state index contributed by atoms with van der Waals surface area (Å²) in [5, 5.41) is 5.17. The van der Waals surface area contributed by atoms with Gasteiger partial charge in [-0.2, -0.15) is 0 Å².